The third kappa shape index (κ3) is 4.57. The average Bonchev–Trinajstić information content (AvgIpc) is 3.18. The fourth-order valence-corrected chi connectivity index (χ4v) is 5.51. The summed E-state index contributed by atoms with van der Waals surface area (Å²) in [5.74, 6) is -1.80. The molecule has 0 saturated carbocycles. The maximum atomic E-state index is 13.2. The number of hydrogen-bond acceptors (Lipinski definition) is 7. The Balaban J connectivity index is 1.48. The minimum atomic E-state index is -3.98. The van der Waals surface area contributed by atoms with Crippen molar-refractivity contribution >= 4 is 39.3 Å². The minimum absolute atomic E-state index is 0.0252. The summed E-state index contributed by atoms with van der Waals surface area (Å²) in [5.41, 5.74) is 0.772. The Kier molecular flexibility index (Phi) is 6.36. The highest BCUT2D eigenvalue weighted by atomic mass is 35.5. The van der Waals surface area contributed by atoms with Gasteiger partial charge < -0.3 is 14.4 Å². The molecule has 2 aliphatic rings. The van der Waals surface area contributed by atoms with Crippen LogP contribution in [0.5, 0.6) is 0 Å². The topological polar surface area (TPSA) is 93.2 Å². The zero-order chi connectivity index (χ0) is 22.9. The standard InChI is InChI=1S/C21H20ClFN2O6S/c22-17-6-1-14(20(26)31-18-7-12-30-21(18)27)13-19(17)32(28,29)25-10-8-24(9-11-25)16-4-2-15(23)3-5-16/h1-6,13,18H,7-12H2/t18-/m0/s1. The fourth-order valence-electron chi connectivity index (χ4n) is 3.59. The third-order valence-corrected chi connectivity index (χ3v) is 7.73. The molecular weight excluding hydrogens is 463 g/mol. The maximum absolute atomic E-state index is 13.2. The molecule has 8 nitrogen and oxygen atoms in total. The number of hydrogen-bond donors (Lipinski definition) is 0. The first-order valence-electron chi connectivity index (χ1n) is 9.93. The van der Waals surface area contributed by atoms with Crippen molar-refractivity contribution in [3.05, 3.63) is 58.9 Å². The van der Waals surface area contributed by atoms with Gasteiger partial charge in [0.15, 0.2) is 0 Å². The van der Waals surface area contributed by atoms with Gasteiger partial charge in [-0.05, 0) is 42.5 Å². The highest BCUT2D eigenvalue weighted by Crippen LogP contribution is 2.28. The van der Waals surface area contributed by atoms with Crippen molar-refractivity contribution in [2.45, 2.75) is 17.4 Å². The molecule has 2 saturated heterocycles. The van der Waals surface area contributed by atoms with Crippen LogP contribution in [-0.2, 0) is 24.3 Å². The monoisotopic (exact) mass is 482 g/mol. The predicted molar refractivity (Wildman–Crippen MR) is 114 cm³/mol. The average molecular weight is 483 g/mol. The quantitative estimate of drug-likeness (QED) is 0.604. The van der Waals surface area contributed by atoms with E-state index in [1.807, 2.05) is 4.90 Å². The summed E-state index contributed by atoms with van der Waals surface area (Å²) in [4.78, 5) is 25.7. The van der Waals surface area contributed by atoms with Gasteiger partial charge in [0, 0.05) is 38.3 Å². The Morgan fingerprint density at radius 2 is 1.78 bits per heavy atom. The molecule has 4 rings (SSSR count). The van der Waals surface area contributed by atoms with Crippen LogP contribution >= 0.6 is 11.6 Å². The summed E-state index contributed by atoms with van der Waals surface area (Å²) >= 11 is 6.16. The molecule has 0 aromatic heterocycles. The number of sulfonamides is 1. The Hall–Kier alpha value is -2.69. The smallest absolute Gasteiger partial charge is 0.347 e. The van der Waals surface area contributed by atoms with E-state index in [2.05, 4.69) is 0 Å². The van der Waals surface area contributed by atoms with Gasteiger partial charge >= 0.3 is 11.9 Å². The first kappa shape index (κ1) is 22.5. The zero-order valence-corrected chi connectivity index (χ0v) is 18.4. The molecule has 0 unspecified atom stereocenters. The summed E-state index contributed by atoms with van der Waals surface area (Å²) in [6.07, 6.45) is -0.750. The fraction of sp³-hybridized carbons (Fsp3) is 0.333. The van der Waals surface area contributed by atoms with Crippen molar-refractivity contribution in [2.75, 3.05) is 37.7 Å². The Labute approximate surface area is 189 Å². The van der Waals surface area contributed by atoms with Crippen LogP contribution in [0.2, 0.25) is 5.02 Å². The second-order valence-corrected chi connectivity index (χ2v) is 9.68. The first-order valence-corrected chi connectivity index (χ1v) is 11.8. The van der Waals surface area contributed by atoms with Crippen LogP contribution in [0.4, 0.5) is 10.1 Å². The Bertz CT molecular complexity index is 1130. The van der Waals surface area contributed by atoms with E-state index < -0.39 is 28.1 Å². The Morgan fingerprint density at radius 3 is 2.41 bits per heavy atom. The lowest BCUT2D eigenvalue weighted by molar-refractivity contribution is -0.145. The summed E-state index contributed by atoms with van der Waals surface area (Å²) in [7, 11) is -3.98. The number of cyclic esters (lactones) is 1. The van der Waals surface area contributed by atoms with E-state index in [1.165, 1.54) is 28.6 Å². The normalized spacial score (nSPS) is 19.6. The lowest BCUT2D eigenvalue weighted by atomic mass is 10.2. The van der Waals surface area contributed by atoms with Crippen LogP contribution in [0.15, 0.2) is 47.4 Å². The molecular formula is C21H20ClFN2O6S. The summed E-state index contributed by atoms with van der Waals surface area (Å²) in [5, 5.41) is -0.0252. The van der Waals surface area contributed by atoms with E-state index in [-0.39, 0.29) is 47.4 Å². The molecule has 0 spiro atoms. The molecule has 2 aromatic rings. The SMILES string of the molecule is O=C(O[C@H]1CCOC1=O)c1ccc(Cl)c(S(=O)(=O)N2CCN(c3ccc(F)cc3)CC2)c1. The van der Waals surface area contributed by atoms with Crippen LogP contribution in [0.3, 0.4) is 0 Å². The van der Waals surface area contributed by atoms with Gasteiger partial charge in [0.2, 0.25) is 16.1 Å². The molecule has 2 aliphatic heterocycles. The number of nitrogens with zero attached hydrogens (tertiary/aromatic N) is 2. The lowest BCUT2D eigenvalue weighted by Crippen LogP contribution is -2.48. The van der Waals surface area contributed by atoms with Crippen LogP contribution in [-0.4, -0.2) is 63.6 Å². The van der Waals surface area contributed by atoms with Gasteiger partial charge in [-0.2, -0.15) is 4.31 Å². The lowest BCUT2D eigenvalue weighted by Gasteiger charge is -2.35. The molecule has 0 radical (unpaired) electrons. The van der Waals surface area contributed by atoms with Gasteiger partial charge in [0.1, 0.15) is 10.7 Å². The molecule has 32 heavy (non-hydrogen) atoms. The maximum Gasteiger partial charge on any atom is 0.347 e. The van der Waals surface area contributed by atoms with Crippen molar-refractivity contribution in [1.29, 1.82) is 0 Å². The van der Waals surface area contributed by atoms with E-state index in [0.717, 1.165) is 11.8 Å². The van der Waals surface area contributed by atoms with Gasteiger partial charge in [0.05, 0.1) is 17.2 Å². The van der Waals surface area contributed by atoms with Crippen molar-refractivity contribution in [1.82, 2.24) is 4.31 Å². The molecule has 2 fully saturated rings. The summed E-state index contributed by atoms with van der Waals surface area (Å²) in [6.45, 7) is 1.38. The van der Waals surface area contributed by atoms with E-state index in [1.54, 1.807) is 12.1 Å². The van der Waals surface area contributed by atoms with Crippen LogP contribution in [0.1, 0.15) is 16.8 Å². The number of carbonyl (C=O) groups excluding carboxylic acids is 2. The van der Waals surface area contributed by atoms with Crippen molar-refractivity contribution in [2.24, 2.45) is 0 Å². The molecule has 2 heterocycles. The summed E-state index contributed by atoms with van der Waals surface area (Å²) < 4.78 is 50.8. The van der Waals surface area contributed by atoms with Crippen molar-refractivity contribution in [3.63, 3.8) is 0 Å². The van der Waals surface area contributed by atoms with Gasteiger partial charge in [-0.1, -0.05) is 11.6 Å². The molecule has 0 aliphatic carbocycles. The highest BCUT2D eigenvalue weighted by Gasteiger charge is 2.33. The third-order valence-electron chi connectivity index (χ3n) is 5.35. The van der Waals surface area contributed by atoms with Crippen LogP contribution in [0, 0.1) is 5.82 Å². The van der Waals surface area contributed by atoms with Gasteiger partial charge in [-0.3, -0.25) is 0 Å². The molecule has 11 heteroatoms. The number of ether oxygens (including phenoxy) is 2. The highest BCUT2D eigenvalue weighted by molar-refractivity contribution is 7.89. The molecule has 170 valence electrons. The summed E-state index contributed by atoms with van der Waals surface area (Å²) in [6, 6.07) is 9.81. The minimum Gasteiger partial charge on any atom is -0.463 e. The van der Waals surface area contributed by atoms with Crippen molar-refractivity contribution < 1.29 is 31.9 Å². The predicted octanol–water partition coefficient (Wildman–Crippen LogP) is 2.46. The van der Waals surface area contributed by atoms with Gasteiger partial charge in [-0.25, -0.2) is 22.4 Å². The van der Waals surface area contributed by atoms with E-state index in [9.17, 15) is 22.4 Å². The van der Waals surface area contributed by atoms with Crippen molar-refractivity contribution in [3.8, 4) is 0 Å². The molecule has 0 amide bonds. The molecule has 2 aromatic carbocycles. The number of anilines is 1. The first-order chi connectivity index (χ1) is 15.3. The van der Waals surface area contributed by atoms with E-state index >= 15 is 0 Å². The second kappa shape index (κ2) is 9.05. The number of rotatable bonds is 5. The Morgan fingerprint density at radius 1 is 1.09 bits per heavy atom. The number of halogens is 2. The van der Waals surface area contributed by atoms with Crippen LogP contribution < -0.4 is 4.90 Å². The number of esters is 2. The number of piperazine rings is 1. The van der Waals surface area contributed by atoms with E-state index in [0.29, 0.717) is 13.1 Å². The van der Waals surface area contributed by atoms with Gasteiger partial charge in [-0.15, -0.1) is 0 Å². The molecule has 0 N–H and O–H groups in total. The number of carbonyl (C=O) groups is 2. The van der Waals surface area contributed by atoms with Gasteiger partial charge in [0.25, 0.3) is 0 Å². The molecule has 0 bridgehead atoms. The van der Waals surface area contributed by atoms with Crippen LogP contribution in [0.25, 0.3) is 0 Å². The second-order valence-electron chi connectivity index (χ2n) is 7.36. The zero-order valence-electron chi connectivity index (χ0n) is 16.9. The van der Waals surface area contributed by atoms with E-state index in [4.69, 9.17) is 21.1 Å². The molecule has 1 atom stereocenters. The largest absolute Gasteiger partial charge is 0.463 e. The number of benzene rings is 2.